The van der Waals surface area contributed by atoms with Gasteiger partial charge in [0.15, 0.2) is 6.54 Å². The van der Waals surface area contributed by atoms with Crippen molar-refractivity contribution in [3.63, 3.8) is 0 Å². The average Bonchev–Trinajstić information content (AvgIpc) is 3.35. The smallest absolute Gasteiger partial charge is 0.262 e. The van der Waals surface area contributed by atoms with Crippen LogP contribution in [0.15, 0.2) is 41.8 Å². The Labute approximate surface area is 188 Å². The SMILES string of the molecule is COc1ccccc1/C=C/c1sc2cc(OC)c3ccsc3c2[n+]1CCCS(=O)(=O)[O-]. The number of methoxy groups -OCH3 is 2. The number of ether oxygens (including phenoxy) is 2. The van der Waals surface area contributed by atoms with Crippen LogP contribution >= 0.6 is 22.7 Å². The Balaban J connectivity index is 1.84. The van der Waals surface area contributed by atoms with Gasteiger partial charge in [-0.25, -0.2) is 8.42 Å². The summed E-state index contributed by atoms with van der Waals surface area (Å²) in [5.41, 5.74) is 1.97. The Morgan fingerprint density at radius 2 is 1.87 bits per heavy atom. The molecule has 0 unspecified atom stereocenters. The molecule has 0 bridgehead atoms. The molecule has 2 heterocycles. The highest BCUT2D eigenvalue weighted by Crippen LogP contribution is 2.38. The maximum atomic E-state index is 11.1. The zero-order valence-corrected chi connectivity index (χ0v) is 19.5. The van der Waals surface area contributed by atoms with E-state index in [4.69, 9.17) is 9.47 Å². The molecule has 0 aliphatic heterocycles. The van der Waals surface area contributed by atoms with Gasteiger partial charge < -0.3 is 14.0 Å². The van der Waals surface area contributed by atoms with E-state index in [2.05, 4.69) is 4.57 Å². The van der Waals surface area contributed by atoms with Crippen molar-refractivity contribution in [2.45, 2.75) is 13.0 Å². The minimum Gasteiger partial charge on any atom is -0.748 e. The molecule has 0 saturated heterocycles. The third-order valence-corrected chi connectivity index (χ3v) is 7.74. The summed E-state index contributed by atoms with van der Waals surface area (Å²) >= 11 is 3.21. The predicted octanol–water partition coefficient (Wildman–Crippen LogP) is 4.53. The lowest BCUT2D eigenvalue weighted by atomic mass is 10.2. The van der Waals surface area contributed by atoms with E-state index >= 15 is 0 Å². The molecule has 2 aromatic heterocycles. The number of aromatic nitrogens is 1. The van der Waals surface area contributed by atoms with Gasteiger partial charge in [0.1, 0.15) is 20.9 Å². The average molecular weight is 476 g/mol. The van der Waals surface area contributed by atoms with Gasteiger partial charge in [-0.15, -0.1) is 11.3 Å². The second kappa shape index (κ2) is 8.96. The minimum absolute atomic E-state index is 0.247. The standard InChI is InChI=1S/C22H21NO5S3/c1-27-17-7-4-3-6-15(17)8-9-20-23(11-5-13-31(24,25)26)21-19(30-20)14-18(28-2)16-10-12-29-22(16)21/h3-4,6-10,12,14H,5,11,13H2,1-2H3/b9-8+. The van der Waals surface area contributed by atoms with Crippen LogP contribution in [-0.4, -0.2) is 32.9 Å². The lowest BCUT2D eigenvalue weighted by molar-refractivity contribution is -0.667. The van der Waals surface area contributed by atoms with E-state index in [1.54, 1.807) is 36.9 Å². The van der Waals surface area contributed by atoms with Gasteiger partial charge in [-0.1, -0.05) is 29.5 Å². The summed E-state index contributed by atoms with van der Waals surface area (Å²) in [6.45, 7) is 0.423. The molecule has 0 amide bonds. The Morgan fingerprint density at radius 1 is 1.10 bits per heavy atom. The van der Waals surface area contributed by atoms with Crippen LogP contribution in [0, 0.1) is 0 Å². The predicted molar refractivity (Wildman–Crippen MR) is 125 cm³/mol. The number of benzene rings is 2. The first-order chi connectivity index (χ1) is 14.9. The monoisotopic (exact) mass is 475 g/mol. The number of hydrogen-bond donors (Lipinski definition) is 0. The van der Waals surface area contributed by atoms with Crippen LogP contribution < -0.4 is 14.0 Å². The van der Waals surface area contributed by atoms with E-state index in [1.807, 2.05) is 53.9 Å². The van der Waals surface area contributed by atoms with Crippen molar-refractivity contribution < 1.29 is 27.0 Å². The third-order valence-electron chi connectivity index (χ3n) is 4.93. The summed E-state index contributed by atoms with van der Waals surface area (Å²) < 4.78 is 48.6. The molecule has 4 rings (SSSR count). The van der Waals surface area contributed by atoms with Crippen LogP contribution in [0.25, 0.3) is 32.5 Å². The Bertz CT molecular complexity index is 1370. The summed E-state index contributed by atoms with van der Waals surface area (Å²) in [5.74, 6) is 1.18. The number of fused-ring (bicyclic) bond motifs is 3. The van der Waals surface area contributed by atoms with Crippen LogP contribution in [-0.2, 0) is 16.7 Å². The highest BCUT2D eigenvalue weighted by atomic mass is 32.2. The fourth-order valence-corrected chi connectivity index (χ4v) is 6.20. The van der Waals surface area contributed by atoms with Crippen LogP contribution in [0.5, 0.6) is 11.5 Å². The molecule has 0 aliphatic carbocycles. The van der Waals surface area contributed by atoms with Crippen molar-refractivity contribution in [1.29, 1.82) is 0 Å². The highest BCUT2D eigenvalue weighted by molar-refractivity contribution is 7.85. The molecule has 0 radical (unpaired) electrons. The fraction of sp³-hybridized carbons (Fsp3) is 0.227. The molecular weight excluding hydrogens is 454 g/mol. The molecule has 2 aromatic carbocycles. The highest BCUT2D eigenvalue weighted by Gasteiger charge is 2.24. The number of rotatable bonds is 8. The van der Waals surface area contributed by atoms with Gasteiger partial charge in [-0.2, -0.15) is 4.57 Å². The van der Waals surface area contributed by atoms with Gasteiger partial charge in [-0.3, -0.25) is 0 Å². The Hall–Kier alpha value is -2.46. The van der Waals surface area contributed by atoms with E-state index in [0.717, 1.165) is 42.4 Å². The molecule has 0 aliphatic rings. The van der Waals surface area contributed by atoms with Crippen LogP contribution in [0.3, 0.4) is 0 Å². The molecule has 31 heavy (non-hydrogen) atoms. The molecule has 0 fully saturated rings. The van der Waals surface area contributed by atoms with E-state index in [0.29, 0.717) is 6.54 Å². The van der Waals surface area contributed by atoms with Gasteiger partial charge in [0.2, 0.25) is 5.52 Å². The Morgan fingerprint density at radius 3 is 2.61 bits per heavy atom. The summed E-state index contributed by atoms with van der Waals surface area (Å²) in [7, 11) is -0.973. The second-order valence-electron chi connectivity index (χ2n) is 6.87. The van der Waals surface area contributed by atoms with Gasteiger partial charge in [0, 0.05) is 35.3 Å². The first-order valence-corrected chi connectivity index (χ1v) is 12.8. The number of para-hydroxylation sites is 1. The third kappa shape index (κ3) is 4.59. The number of hydrogen-bond acceptors (Lipinski definition) is 7. The van der Waals surface area contributed by atoms with Gasteiger partial charge >= 0.3 is 0 Å². The summed E-state index contributed by atoms with van der Waals surface area (Å²) in [6, 6.07) is 11.8. The Kier molecular flexibility index (Phi) is 6.29. The van der Waals surface area contributed by atoms with Gasteiger partial charge in [0.25, 0.3) is 5.01 Å². The number of nitrogens with zero attached hydrogens (tertiary/aromatic N) is 1. The molecule has 4 aromatic rings. The van der Waals surface area contributed by atoms with E-state index in [-0.39, 0.29) is 6.42 Å². The lowest BCUT2D eigenvalue weighted by Gasteiger charge is -2.05. The first kappa shape index (κ1) is 21.8. The van der Waals surface area contributed by atoms with Crippen molar-refractivity contribution in [2.75, 3.05) is 20.0 Å². The largest absolute Gasteiger partial charge is 0.748 e. The maximum absolute atomic E-state index is 11.1. The molecular formula is C22H21NO5S3. The van der Waals surface area contributed by atoms with Crippen molar-refractivity contribution >= 4 is 65.2 Å². The number of thiophene rings is 1. The summed E-state index contributed by atoms with van der Waals surface area (Å²) in [5, 5.41) is 3.98. The number of thiazole rings is 1. The van der Waals surface area contributed by atoms with Gasteiger partial charge in [0.05, 0.1) is 24.3 Å². The molecule has 0 saturated carbocycles. The van der Waals surface area contributed by atoms with Crippen molar-refractivity contribution in [3.8, 4) is 11.5 Å². The molecule has 6 nitrogen and oxygen atoms in total. The van der Waals surface area contributed by atoms with Crippen LogP contribution in [0.4, 0.5) is 0 Å². The number of aryl methyl sites for hydroxylation is 1. The van der Waals surface area contributed by atoms with E-state index < -0.39 is 15.9 Å². The summed E-state index contributed by atoms with van der Waals surface area (Å²) in [4.78, 5) is 0. The van der Waals surface area contributed by atoms with E-state index in [1.165, 1.54) is 0 Å². The normalized spacial score (nSPS) is 12.2. The van der Waals surface area contributed by atoms with E-state index in [9.17, 15) is 13.0 Å². The quantitative estimate of drug-likeness (QED) is 0.276. The van der Waals surface area contributed by atoms with Gasteiger partial charge in [-0.05, 0) is 23.6 Å². The first-order valence-electron chi connectivity index (χ1n) is 9.56. The van der Waals surface area contributed by atoms with Crippen molar-refractivity contribution in [1.82, 2.24) is 0 Å². The molecule has 0 spiro atoms. The zero-order valence-electron chi connectivity index (χ0n) is 17.0. The van der Waals surface area contributed by atoms with Crippen LogP contribution in [0.1, 0.15) is 17.0 Å². The zero-order chi connectivity index (χ0) is 22.0. The molecule has 9 heteroatoms. The molecule has 0 N–H and O–H groups in total. The maximum Gasteiger partial charge on any atom is 0.262 e. The second-order valence-corrected chi connectivity index (χ2v) is 10.4. The van der Waals surface area contributed by atoms with Crippen molar-refractivity contribution in [3.05, 3.63) is 52.3 Å². The fourth-order valence-electron chi connectivity index (χ4n) is 3.55. The van der Waals surface area contributed by atoms with Crippen molar-refractivity contribution in [2.24, 2.45) is 0 Å². The molecule has 0 atom stereocenters. The summed E-state index contributed by atoms with van der Waals surface area (Å²) in [6.07, 6.45) is 4.23. The topological polar surface area (TPSA) is 79.5 Å². The lowest BCUT2D eigenvalue weighted by Crippen LogP contribution is -2.36. The molecule has 162 valence electrons. The minimum atomic E-state index is -4.26. The van der Waals surface area contributed by atoms with Crippen LogP contribution in [0.2, 0.25) is 0 Å².